The van der Waals surface area contributed by atoms with Crippen molar-refractivity contribution in [3.8, 4) is 5.75 Å². The largest absolute Gasteiger partial charge is 0.484 e. The topological polar surface area (TPSA) is 67.9 Å². The third-order valence-corrected chi connectivity index (χ3v) is 3.87. The molecule has 23 heavy (non-hydrogen) atoms. The van der Waals surface area contributed by atoms with E-state index in [1.54, 1.807) is 24.3 Å². The molecule has 0 spiro atoms. The second-order valence-corrected chi connectivity index (χ2v) is 6.17. The minimum Gasteiger partial charge on any atom is -0.484 e. The van der Waals surface area contributed by atoms with Gasteiger partial charge in [-0.05, 0) is 42.5 Å². The van der Waals surface area contributed by atoms with E-state index < -0.39 is 6.09 Å². The molecule has 1 aliphatic heterocycles. The lowest BCUT2D eigenvalue weighted by Crippen LogP contribution is -2.44. The molecule has 2 atom stereocenters. The molecule has 2 rings (SSSR count). The molecule has 1 aliphatic rings. The quantitative estimate of drug-likeness (QED) is 0.926. The predicted octanol–water partition coefficient (Wildman–Crippen LogP) is 2.75. The van der Waals surface area contributed by atoms with Gasteiger partial charge in [-0.15, -0.1) is 0 Å². The van der Waals surface area contributed by atoms with Crippen LogP contribution in [0, 0.1) is 11.8 Å². The van der Waals surface area contributed by atoms with E-state index >= 15 is 0 Å². The van der Waals surface area contributed by atoms with Crippen molar-refractivity contribution in [2.45, 2.75) is 20.3 Å². The van der Waals surface area contributed by atoms with Crippen molar-refractivity contribution in [1.82, 2.24) is 4.90 Å². The van der Waals surface area contributed by atoms with E-state index in [0.29, 0.717) is 23.3 Å². The number of hydrogen-bond acceptors (Lipinski definition) is 4. The number of ether oxygens (including phenoxy) is 2. The van der Waals surface area contributed by atoms with E-state index in [1.807, 2.05) is 4.90 Å². The molecule has 126 valence electrons. The van der Waals surface area contributed by atoms with Crippen molar-refractivity contribution < 1.29 is 19.1 Å². The van der Waals surface area contributed by atoms with Crippen molar-refractivity contribution in [3.63, 3.8) is 0 Å². The summed E-state index contributed by atoms with van der Waals surface area (Å²) in [6, 6.07) is 6.81. The molecule has 0 saturated carbocycles. The Balaban J connectivity index is 1.83. The van der Waals surface area contributed by atoms with Gasteiger partial charge in [0.05, 0.1) is 7.11 Å². The average Bonchev–Trinajstić information content (AvgIpc) is 2.52. The van der Waals surface area contributed by atoms with Crippen molar-refractivity contribution in [1.29, 1.82) is 0 Å². The Kier molecular flexibility index (Phi) is 5.84. The molecule has 1 aromatic carbocycles. The zero-order valence-corrected chi connectivity index (χ0v) is 13.9. The summed E-state index contributed by atoms with van der Waals surface area (Å²) in [6.45, 7) is 5.97. The second kappa shape index (κ2) is 7.85. The standard InChI is InChI=1S/C17H24N2O4/c1-12-8-13(2)10-19(9-12)16(20)11-23-15-6-4-14(5-7-15)18-17(21)22-3/h4-7,12-13H,8-11H2,1-3H3,(H,18,21)/t12-,13-/m1/s1. The SMILES string of the molecule is COC(=O)Nc1ccc(OCC(=O)N2C[C@H](C)C[C@@H](C)C2)cc1. The van der Waals surface area contributed by atoms with Gasteiger partial charge >= 0.3 is 6.09 Å². The maximum absolute atomic E-state index is 12.2. The Morgan fingerprint density at radius 2 is 1.78 bits per heavy atom. The minimum atomic E-state index is -0.526. The van der Waals surface area contributed by atoms with Gasteiger partial charge in [-0.3, -0.25) is 10.1 Å². The molecule has 0 unspecified atom stereocenters. The number of benzene rings is 1. The molecule has 1 aromatic rings. The Labute approximate surface area is 136 Å². The molecule has 6 heteroatoms. The zero-order chi connectivity index (χ0) is 16.8. The number of nitrogens with one attached hydrogen (secondary N) is 1. The first-order chi connectivity index (χ1) is 11.0. The fourth-order valence-electron chi connectivity index (χ4n) is 2.91. The summed E-state index contributed by atoms with van der Waals surface area (Å²) in [7, 11) is 1.31. The molecule has 2 amide bonds. The van der Waals surface area contributed by atoms with Crippen LogP contribution in [0.15, 0.2) is 24.3 Å². The Morgan fingerprint density at radius 1 is 1.17 bits per heavy atom. The van der Waals surface area contributed by atoms with E-state index in [2.05, 4.69) is 23.9 Å². The highest BCUT2D eigenvalue weighted by atomic mass is 16.5. The van der Waals surface area contributed by atoms with Crippen molar-refractivity contribution in [3.05, 3.63) is 24.3 Å². The molecule has 0 aromatic heterocycles. The number of piperidine rings is 1. The normalized spacial score (nSPS) is 20.7. The van der Waals surface area contributed by atoms with Gasteiger partial charge in [0, 0.05) is 18.8 Å². The number of carbonyl (C=O) groups excluding carboxylic acids is 2. The molecule has 1 N–H and O–H groups in total. The summed E-state index contributed by atoms with van der Waals surface area (Å²) in [6.07, 6.45) is 0.640. The summed E-state index contributed by atoms with van der Waals surface area (Å²) in [5.41, 5.74) is 0.606. The van der Waals surface area contributed by atoms with Crippen LogP contribution in [0.3, 0.4) is 0 Å². The van der Waals surface area contributed by atoms with Gasteiger partial charge < -0.3 is 14.4 Å². The van der Waals surface area contributed by atoms with Gasteiger partial charge in [-0.1, -0.05) is 13.8 Å². The highest BCUT2D eigenvalue weighted by Crippen LogP contribution is 2.21. The number of methoxy groups -OCH3 is 1. The van der Waals surface area contributed by atoms with E-state index in [9.17, 15) is 9.59 Å². The van der Waals surface area contributed by atoms with Gasteiger partial charge in [0.2, 0.25) is 0 Å². The highest BCUT2D eigenvalue weighted by molar-refractivity contribution is 5.84. The maximum atomic E-state index is 12.2. The monoisotopic (exact) mass is 320 g/mol. The lowest BCUT2D eigenvalue weighted by Gasteiger charge is -2.34. The van der Waals surface area contributed by atoms with E-state index in [-0.39, 0.29) is 12.5 Å². The fraction of sp³-hybridized carbons (Fsp3) is 0.529. The zero-order valence-electron chi connectivity index (χ0n) is 13.9. The molecule has 1 saturated heterocycles. The average molecular weight is 320 g/mol. The lowest BCUT2D eigenvalue weighted by atomic mass is 9.92. The summed E-state index contributed by atoms with van der Waals surface area (Å²) >= 11 is 0. The Hall–Kier alpha value is -2.24. The minimum absolute atomic E-state index is 0.0140. The highest BCUT2D eigenvalue weighted by Gasteiger charge is 2.25. The molecule has 6 nitrogen and oxygen atoms in total. The molecular formula is C17H24N2O4. The summed E-state index contributed by atoms with van der Waals surface area (Å²) < 4.78 is 10.1. The first kappa shape index (κ1) is 17.1. The van der Waals surface area contributed by atoms with Crippen molar-refractivity contribution >= 4 is 17.7 Å². The third-order valence-electron chi connectivity index (χ3n) is 3.87. The number of nitrogens with zero attached hydrogens (tertiary/aromatic N) is 1. The van der Waals surface area contributed by atoms with Gasteiger partial charge in [-0.2, -0.15) is 0 Å². The summed E-state index contributed by atoms with van der Waals surface area (Å²) in [5, 5.41) is 2.55. The number of rotatable bonds is 4. The van der Waals surface area contributed by atoms with E-state index in [1.165, 1.54) is 13.5 Å². The van der Waals surface area contributed by atoms with Crippen LogP contribution in [0.2, 0.25) is 0 Å². The van der Waals surface area contributed by atoms with Gasteiger partial charge in [0.1, 0.15) is 5.75 Å². The first-order valence-electron chi connectivity index (χ1n) is 7.83. The Bertz CT molecular complexity index is 534. The van der Waals surface area contributed by atoms with Crippen LogP contribution < -0.4 is 10.1 Å². The number of amides is 2. The summed E-state index contributed by atoms with van der Waals surface area (Å²) in [4.78, 5) is 25.2. The predicted molar refractivity (Wildman–Crippen MR) is 87.5 cm³/mol. The molecular weight excluding hydrogens is 296 g/mol. The van der Waals surface area contributed by atoms with Crippen LogP contribution in [0.4, 0.5) is 10.5 Å². The lowest BCUT2D eigenvalue weighted by molar-refractivity contribution is -0.136. The summed E-state index contributed by atoms with van der Waals surface area (Å²) in [5.74, 6) is 1.67. The van der Waals surface area contributed by atoms with Crippen LogP contribution in [-0.2, 0) is 9.53 Å². The van der Waals surface area contributed by atoms with Crippen LogP contribution in [0.25, 0.3) is 0 Å². The van der Waals surface area contributed by atoms with Crippen LogP contribution >= 0.6 is 0 Å². The van der Waals surface area contributed by atoms with Crippen molar-refractivity contribution in [2.24, 2.45) is 11.8 Å². The van der Waals surface area contributed by atoms with Crippen LogP contribution in [-0.4, -0.2) is 43.7 Å². The molecule has 0 aliphatic carbocycles. The first-order valence-corrected chi connectivity index (χ1v) is 7.83. The van der Waals surface area contributed by atoms with Gasteiger partial charge in [0.25, 0.3) is 5.91 Å². The number of hydrogen-bond donors (Lipinski definition) is 1. The number of anilines is 1. The van der Waals surface area contributed by atoms with E-state index in [0.717, 1.165) is 13.1 Å². The van der Waals surface area contributed by atoms with Gasteiger partial charge in [-0.25, -0.2) is 4.79 Å². The molecule has 1 fully saturated rings. The third kappa shape index (κ3) is 5.16. The molecule has 1 heterocycles. The fourth-order valence-corrected chi connectivity index (χ4v) is 2.91. The van der Waals surface area contributed by atoms with Crippen LogP contribution in [0.5, 0.6) is 5.75 Å². The second-order valence-electron chi connectivity index (χ2n) is 6.17. The van der Waals surface area contributed by atoms with Crippen molar-refractivity contribution in [2.75, 3.05) is 32.1 Å². The Morgan fingerprint density at radius 3 is 2.35 bits per heavy atom. The molecule has 0 bridgehead atoms. The van der Waals surface area contributed by atoms with Gasteiger partial charge in [0.15, 0.2) is 6.61 Å². The number of carbonyl (C=O) groups is 2. The smallest absolute Gasteiger partial charge is 0.411 e. The maximum Gasteiger partial charge on any atom is 0.411 e. The van der Waals surface area contributed by atoms with E-state index in [4.69, 9.17) is 4.74 Å². The number of likely N-dealkylation sites (tertiary alicyclic amines) is 1. The molecule has 0 radical (unpaired) electrons. The van der Waals surface area contributed by atoms with Crippen LogP contribution in [0.1, 0.15) is 20.3 Å².